The van der Waals surface area contributed by atoms with Gasteiger partial charge >= 0.3 is 0 Å². The first kappa shape index (κ1) is 8.89. The molecule has 1 aromatic rings. The zero-order valence-corrected chi connectivity index (χ0v) is 8.32. The first-order valence-electron chi connectivity index (χ1n) is 5.30. The van der Waals surface area contributed by atoms with Gasteiger partial charge in [0, 0.05) is 6.42 Å². The van der Waals surface area contributed by atoms with E-state index in [1.807, 2.05) is 24.3 Å². The highest BCUT2D eigenvalue weighted by atomic mass is 19.1. The fourth-order valence-corrected chi connectivity index (χ4v) is 2.66. The number of carbonyl (C=O) groups excluding carboxylic acids is 1. The van der Waals surface area contributed by atoms with Gasteiger partial charge in [0.15, 0.2) is 0 Å². The summed E-state index contributed by atoms with van der Waals surface area (Å²) in [7, 11) is 0. The molecule has 2 heterocycles. The summed E-state index contributed by atoms with van der Waals surface area (Å²) in [5, 5.41) is 0. The third-order valence-corrected chi connectivity index (χ3v) is 3.38. The Kier molecular flexibility index (Phi) is 1.81. The lowest BCUT2D eigenvalue weighted by Crippen LogP contribution is -2.35. The summed E-state index contributed by atoms with van der Waals surface area (Å²) in [5.74, 6) is 0.0946. The van der Waals surface area contributed by atoms with E-state index in [4.69, 9.17) is 0 Å². The van der Waals surface area contributed by atoms with Crippen LogP contribution < -0.4 is 0 Å². The van der Waals surface area contributed by atoms with Crippen LogP contribution in [-0.2, 0) is 4.79 Å². The minimum Gasteiger partial charge on any atom is -0.332 e. The number of benzene rings is 1. The van der Waals surface area contributed by atoms with E-state index in [-0.39, 0.29) is 18.5 Å². The molecule has 0 N–H and O–H groups in total. The second-order valence-electron chi connectivity index (χ2n) is 4.20. The van der Waals surface area contributed by atoms with E-state index in [1.165, 1.54) is 0 Å². The fourth-order valence-electron chi connectivity index (χ4n) is 2.66. The molecule has 0 saturated carbocycles. The van der Waals surface area contributed by atoms with Gasteiger partial charge in [0.05, 0.1) is 12.6 Å². The normalized spacial score (nSPS) is 28.9. The average molecular weight is 205 g/mol. The Labute approximate surface area is 87.7 Å². The maximum atomic E-state index is 13.8. The molecule has 3 heteroatoms. The lowest BCUT2D eigenvalue weighted by atomic mass is 9.92. The van der Waals surface area contributed by atoms with Gasteiger partial charge in [0.2, 0.25) is 5.91 Å². The molecule has 0 radical (unpaired) electrons. The van der Waals surface area contributed by atoms with Gasteiger partial charge in [0.1, 0.15) is 6.17 Å². The number of hydrogen-bond acceptors (Lipinski definition) is 1. The van der Waals surface area contributed by atoms with Gasteiger partial charge in [0.25, 0.3) is 0 Å². The molecule has 0 bridgehead atoms. The molecular formula is C12H12FNO. The highest BCUT2D eigenvalue weighted by Gasteiger charge is 2.39. The van der Waals surface area contributed by atoms with E-state index < -0.39 is 6.17 Å². The third kappa shape index (κ3) is 1.19. The van der Waals surface area contributed by atoms with Crippen LogP contribution in [0, 0.1) is 0 Å². The first-order chi connectivity index (χ1) is 7.27. The average Bonchev–Trinajstić information content (AvgIpc) is 2.62. The molecule has 78 valence electrons. The lowest BCUT2D eigenvalue weighted by molar-refractivity contribution is -0.130. The van der Waals surface area contributed by atoms with E-state index in [1.54, 1.807) is 4.90 Å². The molecule has 15 heavy (non-hydrogen) atoms. The number of hydrogen-bond donors (Lipinski definition) is 0. The SMILES string of the molecule is O=C1CCC2c3ccccc3C(F)CN12. The molecule has 0 spiro atoms. The molecule has 1 aromatic carbocycles. The van der Waals surface area contributed by atoms with E-state index in [0.29, 0.717) is 6.42 Å². The van der Waals surface area contributed by atoms with Crippen LogP contribution in [0.1, 0.15) is 36.2 Å². The summed E-state index contributed by atoms with van der Waals surface area (Å²) in [6.45, 7) is 0.237. The van der Waals surface area contributed by atoms with Gasteiger partial charge in [-0.3, -0.25) is 4.79 Å². The van der Waals surface area contributed by atoms with Gasteiger partial charge < -0.3 is 4.90 Å². The van der Waals surface area contributed by atoms with Gasteiger partial charge in [-0.05, 0) is 17.5 Å². The minimum atomic E-state index is -1.01. The van der Waals surface area contributed by atoms with E-state index in [0.717, 1.165) is 17.5 Å². The van der Waals surface area contributed by atoms with Crippen molar-refractivity contribution in [2.45, 2.75) is 25.1 Å². The second-order valence-corrected chi connectivity index (χ2v) is 4.20. The molecular weight excluding hydrogens is 193 g/mol. The van der Waals surface area contributed by atoms with Crippen molar-refractivity contribution in [2.24, 2.45) is 0 Å². The predicted octanol–water partition coefficient (Wildman–Crippen LogP) is 2.37. The highest BCUT2D eigenvalue weighted by Crippen LogP contribution is 2.42. The van der Waals surface area contributed by atoms with Crippen molar-refractivity contribution in [3.05, 3.63) is 35.4 Å². The number of halogens is 1. The number of nitrogens with zero attached hydrogens (tertiary/aromatic N) is 1. The van der Waals surface area contributed by atoms with Gasteiger partial charge in [-0.25, -0.2) is 4.39 Å². The van der Waals surface area contributed by atoms with Crippen molar-refractivity contribution in [2.75, 3.05) is 6.54 Å². The fraction of sp³-hybridized carbons (Fsp3) is 0.417. The second kappa shape index (κ2) is 3.05. The van der Waals surface area contributed by atoms with Crippen LogP contribution in [0.2, 0.25) is 0 Å². The van der Waals surface area contributed by atoms with Crippen LogP contribution in [0.15, 0.2) is 24.3 Å². The molecule has 2 atom stereocenters. The van der Waals surface area contributed by atoms with Gasteiger partial charge in [-0.1, -0.05) is 24.3 Å². The van der Waals surface area contributed by atoms with Gasteiger partial charge in [-0.15, -0.1) is 0 Å². The number of fused-ring (bicyclic) bond motifs is 3. The van der Waals surface area contributed by atoms with Crippen LogP contribution in [0.3, 0.4) is 0 Å². The zero-order valence-electron chi connectivity index (χ0n) is 8.32. The van der Waals surface area contributed by atoms with Crippen molar-refractivity contribution in [1.29, 1.82) is 0 Å². The third-order valence-electron chi connectivity index (χ3n) is 3.38. The van der Waals surface area contributed by atoms with E-state index in [9.17, 15) is 9.18 Å². The quantitative estimate of drug-likeness (QED) is 0.636. The Bertz CT molecular complexity index is 418. The van der Waals surface area contributed by atoms with Crippen LogP contribution in [0.4, 0.5) is 4.39 Å². The molecule has 3 rings (SSSR count). The Hall–Kier alpha value is -1.38. The molecule has 2 aliphatic rings. The smallest absolute Gasteiger partial charge is 0.223 e. The minimum absolute atomic E-state index is 0.0946. The number of alkyl halides is 1. The Morgan fingerprint density at radius 2 is 2.00 bits per heavy atom. The predicted molar refractivity (Wildman–Crippen MR) is 54.0 cm³/mol. The molecule has 2 nitrogen and oxygen atoms in total. The highest BCUT2D eigenvalue weighted by molar-refractivity contribution is 5.79. The van der Waals surface area contributed by atoms with Crippen LogP contribution in [0.5, 0.6) is 0 Å². The van der Waals surface area contributed by atoms with Crippen molar-refractivity contribution in [3.8, 4) is 0 Å². The zero-order chi connectivity index (χ0) is 10.4. The summed E-state index contributed by atoms with van der Waals surface area (Å²) < 4.78 is 13.8. The van der Waals surface area contributed by atoms with Crippen LogP contribution >= 0.6 is 0 Å². The molecule has 1 fully saturated rings. The van der Waals surface area contributed by atoms with Crippen LogP contribution in [0.25, 0.3) is 0 Å². The summed E-state index contributed by atoms with van der Waals surface area (Å²) in [6, 6.07) is 7.67. The summed E-state index contributed by atoms with van der Waals surface area (Å²) in [5.41, 5.74) is 1.77. The van der Waals surface area contributed by atoms with Gasteiger partial charge in [-0.2, -0.15) is 0 Å². The molecule has 1 saturated heterocycles. The van der Waals surface area contributed by atoms with Crippen molar-refractivity contribution in [3.63, 3.8) is 0 Å². The Morgan fingerprint density at radius 3 is 2.80 bits per heavy atom. The molecule has 2 unspecified atom stereocenters. The summed E-state index contributed by atoms with van der Waals surface area (Å²) in [4.78, 5) is 13.2. The topological polar surface area (TPSA) is 20.3 Å². The monoisotopic (exact) mass is 205 g/mol. The molecule has 0 aromatic heterocycles. The van der Waals surface area contributed by atoms with E-state index in [2.05, 4.69) is 0 Å². The maximum absolute atomic E-state index is 13.8. The Balaban J connectivity index is 2.10. The molecule has 2 aliphatic heterocycles. The van der Waals surface area contributed by atoms with Crippen molar-refractivity contribution >= 4 is 5.91 Å². The van der Waals surface area contributed by atoms with Crippen molar-refractivity contribution < 1.29 is 9.18 Å². The molecule has 1 amide bonds. The Morgan fingerprint density at radius 1 is 1.27 bits per heavy atom. The standard InChI is InChI=1S/C12H12FNO/c13-10-7-14-11(5-6-12(14)15)9-4-2-1-3-8(9)10/h1-4,10-11H,5-7H2. The number of rotatable bonds is 0. The number of carbonyl (C=O) groups is 1. The maximum Gasteiger partial charge on any atom is 0.223 e. The van der Waals surface area contributed by atoms with Crippen LogP contribution in [-0.4, -0.2) is 17.4 Å². The summed E-state index contributed by atoms with van der Waals surface area (Å²) in [6.07, 6.45) is 0.383. The van der Waals surface area contributed by atoms with Crippen molar-refractivity contribution in [1.82, 2.24) is 4.90 Å². The lowest BCUT2D eigenvalue weighted by Gasteiger charge is -2.33. The summed E-state index contributed by atoms with van der Waals surface area (Å²) >= 11 is 0. The first-order valence-corrected chi connectivity index (χ1v) is 5.30. The largest absolute Gasteiger partial charge is 0.332 e. The van der Waals surface area contributed by atoms with E-state index >= 15 is 0 Å². The number of amides is 1. The molecule has 0 aliphatic carbocycles.